The molecular weight excluding hydrogens is 410 g/mol. The van der Waals surface area contributed by atoms with Crippen molar-refractivity contribution in [3.05, 3.63) is 62.5 Å². The molecule has 3 aromatic rings. The minimum absolute atomic E-state index is 0.0568. The molecule has 0 saturated carbocycles. The van der Waals surface area contributed by atoms with E-state index >= 15 is 0 Å². The van der Waals surface area contributed by atoms with Gasteiger partial charge >= 0.3 is 17.6 Å². The summed E-state index contributed by atoms with van der Waals surface area (Å²) in [6.07, 6.45) is 0. The number of fused-ring (bicyclic) bond motifs is 1. The molecule has 0 bridgehead atoms. The molecule has 8 nitrogen and oxygen atoms in total. The van der Waals surface area contributed by atoms with Crippen LogP contribution in [-0.4, -0.2) is 31.1 Å². The molecule has 3 rings (SSSR count). The van der Waals surface area contributed by atoms with Crippen LogP contribution in [0.1, 0.15) is 50.0 Å². The van der Waals surface area contributed by atoms with Gasteiger partial charge in [0.1, 0.15) is 9.88 Å². The first kappa shape index (κ1) is 21.3. The van der Waals surface area contributed by atoms with Gasteiger partial charge in [-0.3, -0.25) is 4.79 Å². The Bertz CT molecular complexity index is 1190. The number of hydrogen-bond donors (Lipinski definition) is 1. The summed E-state index contributed by atoms with van der Waals surface area (Å²) in [5.41, 5.74) is -0.257. The third-order valence-electron chi connectivity index (χ3n) is 4.21. The van der Waals surface area contributed by atoms with Crippen molar-refractivity contribution in [2.45, 2.75) is 20.8 Å². The summed E-state index contributed by atoms with van der Waals surface area (Å²) < 4.78 is 15.2. The van der Waals surface area contributed by atoms with Crippen LogP contribution in [0.3, 0.4) is 0 Å². The largest absolute Gasteiger partial charge is 0.462 e. The van der Waals surface area contributed by atoms with Gasteiger partial charge in [0.05, 0.1) is 24.2 Å². The van der Waals surface area contributed by atoms with E-state index in [1.807, 2.05) is 0 Å². The van der Waals surface area contributed by atoms with Crippen LogP contribution in [0, 0.1) is 6.92 Å². The zero-order valence-corrected chi connectivity index (χ0v) is 17.4. The molecule has 0 spiro atoms. The van der Waals surface area contributed by atoms with E-state index in [-0.39, 0.29) is 34.4 Å². The van der Waals surface area contributed by atoms with E-state index in [9.17, 15) is 19.2 Å². The van der Waals surface area contributed by atoms with Crippen LogP contribution >= 0.6 is 11.3 Å². The van der Waals surface area contributed by atoms with Gasteiger partial charge in [-0.2, -0.15) is 0 Å². The Kier molecular flexibility index (Phi) is 6.31. The Morgan fingerprint density at radius 2 is 1.73 bits per heavy atom. The van der Waals surface area contributed by atoms with Gasteiger partial charge in [0.2, 0.25) is 0 Å². The third kappa shape index (κ3) is 4.11. The molecule has 30 heavy (non-hydrogen) atoms. The standard InChI is InChI=1S/C21H19NO7S/c1-4-27-20(25)15-11(3)16(21(26)28-5-2)30-18(15)22-17(23)14-10-12-8-6-7-9-13(12)19(24)29-14/h6-10H,4-5H2,1-3H3,(H,22,23). The van der Waals surface area contributed by atoms with Gasteiger partial charge in [-0.25, -0.2) is 14.4 Å². The fraction of sp³-hybridized carbons (Fsp3) is 0.238. The highest BCUT2D eigenvalue weighted by Gasteiger charge is 2.28. The number of nitrogens with one attached hydrogen (secondary N) is 1. The molecule has 1 N–H and O–H groups in total. The van der Waals surface area contributed by atoms with Crippen molar-refractivity contribution >= 4 is 45.0 Å². The lowest BCUT2D eigenvalue weighted by atomic mass is 10.1. The number of esters is 2. The SMILES string of the molecule is CCOC(=O)c1sc(NC(=O)c2cc3ccccc3c(=O)o2)c(C(=O)OCC)c1C. The second-order valence-electron chi connectivity index (χ2n) is 6.14. The fourth-order valence-electron chi connectivity index (χ4n) is 2.85. The van der Waals surface area contributed by atoms with E-state index in [2.05, 4.69) is 5.32 Å². The van der Waals surface area contributed by atoms with Crippen LogP contribution in [0.15, 0.2) is 39.5 Å². The number of ether oxygens (including phenoxy) is 2. The minimum atomic E-state index is -0.736. The highest BCUT2D eigenvalue weighted by molar-refractivity contribution is 7.18. The maximum Gasteiger partial charge on any atom is 0.348 e. The smallest absolute Gasteiger partial charge is 0.348 e. The van der Waals surface area contributed by atoms with E-state index in [0.717, 1.165) is 11.3 Å². The molecule has 1 amide bonds. The van der Waals surface area contributed by atoms with Crippen molar-refractivity contribution in [2.75, 3.05) is 18.5 Å². The molecule has 2 heterocycles. The highest BCUT2D eigenvalue weighted by Crippen LogP contribution is 2.34. The van der Waals surface area contributed by atoms with E-state index < -0.39 is 23.5 Å². The van der Waals surface area contributed by atoms with E-state index in [1.54, 1.807) is 45.0 Å². The lowest BCUT2D eigenvalue weighted by Gasteiger charge is -2.07. The van der Waals surface area contributed by atoms with Gasteiger partial charge in [-0.05, 0) is 43.9 Å². The summed E-state index contributed by atoms with van der Waals surface area (Å²) in [5, 5.41) is 3.55. The lowest BCUT2D eigenvalue weighted by Crippen LogP contribution is -2.16. The Morgan fingerprint density at radius 1 is 1.07 bits per heavy atom. The Labute approximate surface area is 175 Å². The van der Waals surface area contributed by atoms with E-state index in [1.165, 1.54) is 6.07 Å². The zero-order chi connectivity index (χ0) is 21.8. The van der Waals surface area contributed by atoms with Gasteiger partial charge in [-0.15, -0.1) is 11.3 Å². The first-order chi connectivity index (χ1) is 14.4. The predicted molar refractivity (Wildman–Crippen MR) is 111 cm³/mol. The summed E-state index contributed by atoms with van der Waals surface area (Å²) in [6, 6.07) is 8.13. The lowest BCUT2D eigenvalue weighted by molar-refractivity contribution is 0.0527. The molecule has 0 unspecified atom stereocenters. The number of amides is 1. The quantitative estimate of drug-likeness (QED) is 0.594. The number of anilines is 1. The van der Waals surface area contributed by atoms with Crippen molar-refractivity contribution in [3.8, 4) is 0 Å². The van der Waals surface area contributed by atoms with Crippen molar-refractivity contribution in [2.24, 2.45) is 0 Å². The Morgan fingerprint density at radius 3 is 2.43 bits per heavy atom. The van der Waals surface area contributed by atoms with Crippen molar-refractivity contribution < 1.29 is 28.3 Å². The Hall–Kier alpha value is -3.46. The summed E-state index contributed by atoms with van der Waals surface area (Å²) in [6.45, 7) is 5.16. The average Bonchev–Trinajstić information content (AvgIpc) is 3.04. The van der Waals surface area contributed by atoms with Gasteiger partial charge in [0.15, 0.2) is 5.76 Å². The monoisotopic (exact) mass is 429 g/mol. The maximum atomic E-state index is 12.8. The molecule has 0 atom stereocenters. The topological polar surface area (TPSA) is 112 Å². The van der Waals surface area contributed by atoms with Gasteiger partial charge in [0.25, 0.3) is 5.91 Å². The molecular formula is C21H19NO7S. The number of rotatable bonds is 6. The van der Waals surface area contributed by atoms with Crippen molar-refractivity contribution in [3.63, 3.8) is 0 Å². The van der Waals surface area contributed by atoms with Gasteiger partial charge < -0.3 is 19.2 Å². The van der Waals surface area contributed by atoms with Crippen LogP contribution in [0.5, 0.6) is 0 Å². The summed E-state index contributed by atoms with van der Waals surface area (Å²) in [4.78, 5) is 49.7. The van der Waals surface area contributed by atoms with Gasteiger partial charge in [0, 0.05) is 0 Å². The van der Waals surface area contributed by atoms with E-state index in [0.29, 0.717) is 16.3 Å². The van der Waals surface area contributed by atoms with Gasteiger partial charge in [-0.1, -0.05) is 18.2 Å². The van der Waals surface area contributed by atoms with Crippen LogP contribution < -0.4 is 10.9 Å². The Balaban J connectivity index is 2.01. The highest BCUT2D eigenvalue weighted by atomic mass is 32.1. The minimum Gasteiger partial charge on any atom is -0.462 e. The second kappa shape index (κ2) is 8.91. The number of hydrogen-bond acceptors (Lipinski definition) is 8. The number of thiophene rings is 1. The molecule has 0 saturated heterocycles. The molecule has 156 valence electrons. The number of carbonyl (C=O) groups excluding carboxylic acids is 3. The first-order valence-corrected chi connectivity index (χ1v) is 10.0. The summed E-state index contributed by atoms with van der Waals surface area (Å²) in [5.74, 6) is -2.25. The zero-order valence-electron chi connectivity index (χ0n) is 16.6. The second-order valence-corrected chi connectivity index (χ2v) is 7.16. The van der Waals surface area contributed by atoms with Crippen LogP contribution in [0.2, 0.25) is 0 Å². The molecule has 9 heteroatoms. The number of carbonyl (C=O) groups is 3. The molecule has 0 fully saturated rings. The fourth-order valence-corrected chi connectivity index (χ4v) is 3.94. The molecule has 1 aromatic carbocycles. The van der Waals surface area contributed by atoms with Crippen molar-refractivity contribution in [1.82, 2.24) is 0 Å². The van der Waals surface area contributed by atoms with Crippen LogP contribution in [0.25, 0.3) is 10.8 Å². The molecule has 0 radical (unpaired) electrons. The van der Waals surface area contributed by atoms with Crippen molar-refractivity contribution in [1.29, 1.82) is 0 Å². The molecule has 0 aliphatic heterocycles. The van der Waals surface area contributed by atoms with Crippen LogP contribution in [0.4, 0.5) is 5.00 Å². The van der Waals surface area contributed by atoms with Crippen LogP contribution in [-0.2, 0) is 9.47 Å². The first-order valence-electron chi connectivity index (χ1n) is 9.19. The normalized spacial score (nSPS) is 10.6. The maximum absolute atomic E-state index is 12.8. The average molecular weight is 429 g/mol. The molecule has 0 aliphatic carbocycles. The molecule has 2 aromatic heterocycles. The number of benzene rings is 1. The van der Waals surface area contributed by atoms with E-state index in [4.69, 9.17) is 13.9 Å². The predicted octanol–water partition coefficient (Wildman–Crippen LogP) is 3.77. The molecule has 0 aliphatic rings. The summed E-state index contributed by atoms with van der Waals surface area (Å²) >= 11 is 0.892. The third-order valence-corrected chi connectivity index (χ3v) is 5.40. The summed E-state index contributed by atoms with van der Waals surface area (Å²) in [7, 11) is 0.